The molecule has 4 nitrogen and oxygen atoms in total. The van der Waals surface area contributed by atoms with E-state index in [1.807, 2.05) is 30.4 Å². The molecule has 0 saturated heterocycles. The molecule has 0 atom stereocenters. The molecule has 0 bridgehead atoms. The average Bonchev–Trinajstić information content (AvgIpc) is 2.86. The first-order valence-electron chi connectivity index (χ1n) is 7.04. The maximum atomic E-state index is 10.9. The number of nitrogens with zero attached hydrogens (tertiary/aromatic N) is 1. The van der Waals surface area contributed by atoms with Crippen LogP contribution in [0.2, 0.25) is 0 Å². The van der Waals surface area contributed by atoms with E-state index in [9.17, 15) is 4.79 Å². The second kappa shape index (κ2) is 6.32. The normalized spacial score (nSPS) is 15.9. The molecule has 22 heavy (non-hydrogen) atoms. The molecule has 1 aromatic heterocycles. The van der Waals surface area contributed by atoms with E-state index >= 15 is 0 Å². The number of ether oxygens (including phenoxy) is 1. The van der Waals surface area contributed by atoms with E-state index < -0.39 is 0 Å². The van der Waals surface area contributed by atoms with Gasteiger partial charge in [0.15, 0.2) is 11.5 Å². The second-order valence-electron chi connectivity index (χ2n) is 4.83. The fourth-order valence-electron chi connectivity index (χ4n) is 2.22. The van der Waals surface area contributed by atoms with E-state index in [2.05, 4.69) is 27.8 Å². The van der Waals surface area contributed by atoms with Crippen molar-refractivity contribution >= 4 is 50.5 Å². The molecule has 2 aromatic rings. The van der Waals surface area contributed by atoms with Crippen molar-refractivity contribution in [3.63, 3.8) is 0 Å². The van der Waals surface area contributed by atoms with Crippen LogP contribution in [-0.4, -0.2) is 12.2 Å². The molecule has 5 heteroatoms. The standard InChI is InChI=1S/C17H14BrNO3/c1-2-3-4-5-15-19-16-12-10-11(18)6-7-13(12)22-17(16)14(21-15)8-9-20/h4-10H,2-3H2,1H3/b5-4+,14-8+. The quantitative estimate of drug-likeness (QED) is 0.560. The Morgan fingerprint density at radius 1 is 1.36 bits per heavy atom. The first-order chi connectivity index (χ1) is 10.7. The molecule has 1 aliphatic rings. The number of benzene rings is 1. The topological polar surface area (TPSA) is 51.8 Å². The molecule has 3 rings (SSSR count). The van der Waals surface area contributed by atoms with Gasteiger partial charge in [0.1, 0.15) is 17.6 Å². The number of allylic oxidation sites excluding steroid dienone is 2. The summed E-state index contributed by atoms with van der Waals surface area (Å²) in [7, 11) is 0. The fraction of sp³-hybridized carbons (Fsp3) is 0.176. The van der Waals surface area contributed by atoms with Crippen molar-refractivity contribution in [2.45, 2.75) is 19.8 Å². The number of aldehydes is 1. The number of halogens is 1. The molecule has 112 valence electrons. The van der Waals surface area contributed by atoms with Crippen molar-refractivity contribution in [3.8, 4) is 0 Å². The molecule has 0 radical (unpaired) electrons. The molecule has 0 N–H and O–H groups in total. The van der Waals surface area contributed by atoms with Gasteiger partial charge in [-0.3, -0.25) is 4.79 Å². The summed E-state index contributed by atoms with van der Waals surface area (Å²) in [5.41, 5.74) is 1.39. The summed E-state index contributed by atoms with van der Waals surface area (Å²) in [5, 5.41) is 0.880. The third kappa shape index (κ3) is 2.76. The minimum Gasteiger partial charge on any atom is -0.450 e. The van der Waals surface area contributed by atoms with E-state index in [1.54, 1.807) is 0 Å². The summed E-state index contributed by atoms with van der Waals surface area (Å²) in [5.74, 6) is 1.31. The smallest absolute Gasteiger partial charge is 0.219 e. The summed E-state index contributed by atoms with van der Waals surface area (Å²) >= 11 is 3.45. The Balaban J connectivity index is 2.16. The Bertz CT molecular complexity index is 815. The van der Waals surface area contributed by atoms with E-state index in [0.717, 1.165) is 22.7 Å². The van der Waals surface area contributed by atoms with Crippen LogP contribution in [0.3, 0.4) is 0 Å². The van der Waals surface area contributed by atoms with Crippen LogP contribution in [-0.2, 0) is 9.53 Å². The Hall–Kier alpha value is -2.14. The third-order valence-corrected chi connectivity index (χ3v) is 3.71. The van der Waals surface area contributed by atoms with Gasteiger partial charge in [-0.25, -0.2) is 4.99 Å². The van der Waals surface area contributed by atoms with Crippen molar-refractivity contribution < 1.29 is 13.9 Å². The van der Waals surface area contributed by atoms with E-state index in [4.69, 9.17) is 9.15 Å². The van der Waals surface area contributed by atoms with Crippen molar-refractivity contribution in [1.82, 2.24) is 0 Å². The molecular formula is C17H14BrNO3. The van der Waals surface area contributed by atoms with Gasteiger partial charge in [-0.2, -0.15) is 0 Å². The lowest BCUT2D eigenvalue weighted by atomic mass is 10.2. The van der Waals surface area contributed by atoms with E-state index in [0.29, 0.717) is 35.0 Å². The summed E-state index contributed by atoms with van der Waals surface area (Å²) in [6, 6.07) is 5.70. The molecule has 1 aliphatic heterocycles. The molecule has 0 aliphatic carbocycles. The highest BCUT2D eigenvalue weighted by Crippen LogP contribution is 2.41. The summed E-state index contributed by atoms with van der Waals surface area (Å²) in [4.78, 5) is 15.4. The molecule has 0 amide bonds. The Labute approximate surface area is 136 Å². The second-order valence-corrected chi connectivity index (χ2v) is 5.75. The number of rotatable bonds is 4. The van der Waals surface area contributed by atoms with Gasteiger partial charge >= 0.3 is 0 Å². The van der Waals surface area contributed by atoms with Gasteiger partial charge in [0, 0.05) is 15.9 Å². The van der Waals surface area contributed by atoms with Crippen LogP contribution in [0.15, 0.2) is 50.3 Å². The van der Waals surface area contributed by atoms with E-state index in [1.165, 1.54) is 6.08 Å². The first kappa shape index (κ1) is 14.8. The Morgan fingerprint density at radius 2 is 2.23 bits per heavy atom. The Morgan fingerprint density at radius 3 is 3.00 bits per heavy atom. The largest absolute Gasteiger partial charge is 0.450 e. The van der Waals surface area contributed by atoms with E-state index in [-0.39, 0.29) is 0 Å². The minimum atomic E-state index is 0.378. The summed E-state index contributed by atoms with van der Waals surface area (Å²) in [6.07, 6.45) is 7.84. The maximum absolute atomic E-state index is 10.9. The van der Waals surface area contributed by atoms with Gasteiger partial charge in [-0.05, 0) is 30.7 Å². The van der Waals surface area contributed by atoms with Crippen molar-refractivity contribution in [3.05, 3.63) is 46.7 Å². The maximum Gasteiger partial charge on any atom is 0.219 e. The summed E-state index contributed by atoms with van der Waals surface area (Å²) in [6.45, 7) is 2.10. The SMILES string of the molecule is CCC/C=C/C1=Nc2c(oc3ccc(Br)cc23)/C(=C\C=O)O1. The highest BCUT2D eigenvalue weighted by atomic mass is 79.9. The zero-order chi connectivity index (χ0) is 15.5. The number of hydrogen-bond donors (Lipinski definition) is 0. The number of furan rings is 1. The minimum absolute atomic E-state index is 0.378. The molecular weight excluding hydrogens is 346 g/mol. The molecule has 1 aromatic carbocycles. The van der Waals surface area contributed by atoms with Crippen LogP contribution in [0, 0.1) is 0 Å². The fourth-order valence-corrected chi connectivity index (χ4v) is 2.58. The lowest BCUT2D eigenvalue weighted by Crippen LogP contribution is -2.05. The lowest BCUT2D eigenvalue weighted by Gasteiger charge is -2.12. The number of aliphatic imine (C=N–C) groups is 1. The van der Waals surface area contributed by atoms with Gasteiger partial charge in [0.25, 0.3) is 0 Å². The predicted molar refractivity (Wildman–Crippen MR) is 90.2 cm³/mol. The number of carbonyl (C=O) groups excluding carboxylic acids is 1. The van der Waals surface area contributed by atoms with Crippen LogP contribution in [0.4, 0.5) is 5.69 Å². The molecule has 0 saturated carbocycles. The molecule has 0 fully saturated rings. The highest BCUT2D eigenvalue weighted by Gasteiger charge is 2.24. The van der Waals surface area contributed by atoms with Gasteiger partial charge in [-0.15, -0.1) is 0 Å². The van der Waals surface area contributed by atoms with Crippen LogP contribution in [0.5, 0.6) is 0 Å². The van der Waals surface area contributed by atoms with Crippen molar-refractivity contribution in [2.75, 3.05) is 0 Å². The summed E-state index contributed by atoms with van der Waals surface area (Å²) < 4.78 is 12.4. The van der Waals surface area contributed by atoms with Gasteiger partial charge < -0.3 is 9.15 Å². The number of fused-ring (bicyclic) bond motifs is 3. The van der Waals surface area contributed by atoms with Crippen molar-refractivity contribution in [2.24, 2.45) is 4.99 Å². The zero-order valence-electron chi connectivity index (χ0n) is 12.0. The lowest BCUT2D eigenvalue weighted by molar-refractivity contribution is -0.104. The number of hydrogen-bond acceptors (Lipinski definition) is 4. The predicted octanol–water partition coefficient (Wildman–Crippen LogP) is 5.15. The van der Waals surface area contributed by atoms with Crippen LogP contribution in [0.25, 0.3) is 16.7 Å². The van der Waals surface area contributed by atoms with Crippen LogP contribution in [0.1, 0.15) is 25.5 Å². The highest BCUT2D eigenvalue weighted by molar-refractivity contribution is 9.10. The number of carbonyl (C=O) groups is 1. The number of unbranched alkanes of at least 4 members (excludes halogenated alkanes) is 1. The zero-order valence-corrected chi connectivity index (χ0v) is 13.6. The van der Waals surface area contributed by atoms with Crippen molar-refractivity contribution in [1.29, 1.82) is 0 Å². The monoisotopic (exact) mass is 359 g/mol. The van der Waals surface area contributed by atoms with Crippen LogP contribution < -0.4 is 0 Å². The molecule has 2 heterocycles. The Kier molecular flexibility index (Phi) is 4.24. The molecule has 0 spiro atoms. The average molecular weight is 360 g/mol. The van der Waals surface area contributed by atoms with Gasteiger partial charge in [0.2, 0.25) is 5.90 Å². The molecule has 0 unspecified atom stereocenters. The van der Waals surface area contributed by atoms with Gasteiger partial charge in [-0.1, -0.05) is 35.4 Å². The third-order valence-electron chi connectivity index (χ3n) is 3.22. The first-order valence-corrected chi connectivity index (χ1v) is 7.83. The van der Waals surface area contributed by atoms with Gasteiger partial charge in [0.05, 0.1) is 0 Å². The van der Waals surface area contributed by atoms with Crippen LogP contribution >= 0.6 is 15.9 Å².